The Morgan fingerprint density at radius 3 is 2.17 bits per heavy atom. The van der Waals surface area contributed by atoms with Gasteiger partial charge in [-0.3, -0.25) is 9.45 Å². The minimum absolute atomic E-state index is 0.0486. The van der Waals surface area contributed by atoms with E-state index in [-0.39, 0.29) is 36.9 Å². The van der Waals surface area contributed by atoms with Gasteiger partial charge in [-0.05, 0) is 50.2 Å². The minimum atomic E-state index is -4.20. The van der Waals surface area contributed by atoms with Crippen molar-refractivity contribution in [2.24, 2.45) is 0 Å². The molecule has 0 radical (unpaired) electrons. The number of nitrogens with one attached hydrogen (secondary N) is 2. The molecule has 0 aliphatic carbocycles. The molecule has 196 valence electrons. The Hall–Kier alpha value is -1.87. The molecule has 10 nitrogen and oxygen atoms in total. The summed E-state index contributed by atoms with van der Waals surface area (Å²) in [5, 5.41) is 6.28. The fourth-order valence-electron chi connectivity index (χ4n) is 3.08. The van der Waals surface area contributed by atoms with Crippen molar-refractivity contribution in [3.05, 3.63) is 48.5 Å². The van der Waals surface area contributed by atoms with Crippen LogP contribution >= 0.6 is 12.0 Å². The molecule has 2 rings (SSSR count). The molecular formula is C22H33N3O7S3. The van der Waals surface area contributed by atoms with Crippen molar-refractivity contribution in [2.75, 3.05) is 61.5 Å². The standard InChI is InChI=1S/C22H33N3O7S3/c1-3-23-19-7-5-9-21(17-19)33-32-31-14-11-25(13-16-35(28,29)30)12-15-34(26,27)22-10-6-8-20(18-22)24-4-2/h5-10,17-18,23-24H,3-4,11-16H2,1-2H3,(H,28,29,30). The van der Waals surface area contributed by atoms with Gasteiger partial charge in [0.15, 0.2) is 9.84 Å². The Bertz CT molecular complexity index is 1130. The first-order valence-corrected chi connectivity index (χ1v) is 15.2. The molecule has 2 aromatic rings. The smallest absolute Gasteiger partial charge is 0.266 e. The van der Waals surface area contributed by atoms with Crippen molar-refractivity contribution < 1.29 is 30.6 Å². The molecule has 0 aliphatic rings. The Kier molecular flexibility index (Phi) is 12.3. The predicted octanol–water partition coefficient (Wildman–Crippen LogP) is 3.17. The summed E-state index contributed by atoms with van der Waals surface area (Å²) in [5.74, 6) is -0.739. The third-order valence-electron chi connectivity index (χ3n) is 4.80. The Morgan fingerprint density at radius 2 is 1.51 bits per heavy atom. The van der Waals surface area contributed by atoms with Gasteiger partial charge in [-0.15, -0.1) is 0 Å². The molecule has 2 aromatic carbocycles. The van der Waals surface area contributed by atoms with Crippen LogP contribution in [0.3, 0.4) is 0 Å². The predicted molar refractivity (Wildman–Crippen MR) is 139 cm³/mol. The molecule has 0 spiro atoms. The van der Waals surface area contributed by atoms with E-state index in [0.29, 0.717) is 12.2 Å². The number of anilines is 2. The SMILES string of the molecule is CCNc1cccc(SOOCCN(CCS(=O)(=O)O)CCS(=O)(=O)c2cccc(NCC)c2)c1. The average molecular weight is 548 g/mol. The highest BCUT2D eigenvalue weighted by molar-refractivity contribution is 7.94. The number of sulfone groups is 1. The minimum Gasteiger partial charge on any atom is -0.385 e. The van der Waals surface area contributed by atoms with Gasteiger partial charge in [-0.1, -0.05) is 12.1 Å². The number of hydrogen-bond donors (Lipinski definition) is 3. The van der Waals surface area contributed by atoms with Gasteiger partial charge in [-0.25, -0.2) is 13.3 Å². The van der Waals surface area contributed by atoms with Crippen LogP contribution in [0, 0.1) is 0 Å². The van der Waals surface area contributed by atoms with Gasteiger partial charge < -0.3 is 10.6 Å². The summed E-state index contributed by atoms with van der Waals surface area (Å²) < 4.78 is 62.3. The molecule has 13 heteroatoms. The summed E-state index contributed by atoms with van der Waals surface area (Å²) in [4.78, 5) is 7.80. The van der Waals surface area contributed by atoms with Crippen LogP contribution in [0.1, 0.15) is 13.8 Å². The van der Waals surface area contributed by atoms with Gasteiger partial charge in [0.05, 0.1) is 35.1 Å². The summed E-state index contributed by atoms with van der Waals surface area (Å²) in [6.07, 6.45) is 0. The fraction of sp³-hybridized carbons (Fsp3) is 0.455. The Balaban J connectivity index is 1.89. The molecule has 0 saturated carbocycles. The molecule has 0 fully saturated rings. The topological polar surface area (TPSA) is 134 Å². The lowest BCUT2D eigenvalue weighted by atomic mass is 10.3. The second kappa shape index (κ2) is 14.6. The molecular weight excluding hydrogens is 514 g/mol. The summed E-state index contributed by atoms with van der Waals surface area (Å²) in [6, 6.07) is 14.1. The van der Waals surface area contributed by atoms with Gasteiger partial charge in [0, 0.05) is 49.0 Å². The first kappa shape index (κ1) is 29.4. The van der Waals surface area contributed by atoms with Gasteiger partial charge >= 0.3 is 0 Å². The van der Waals surface area contributed by atoms with Gasteiger partial charge in [-0.2, -0.15) is 12.8 Å². The zero-order valence-electron chi connectivity index (χ0n) is 19.8. The first-order chi connectivity index (χ1) is 16.6. The van der Waals surface area contributed by atoms with Gasteiger partial charge in [0.2, 0.25) is 0 Å². The van der Waals surface area contributed by atoms with Crippen LogP contribution in [0.5, 0.6) is 0 Å². The molecule has 0 atom stereocenters. The van der Waals surface area contributed by atoms with Crippen LogP contribution in [0.4, 0.5) is 11.4 Å². The van der Waals surface area contributed by atoms with Crippen LogP contribution < -0.4 is 10.6 Å². The van der Waals surface area contributed by atoms with Crippen LogP contribution in [0.15, 0.2) is 58.3 Å². The zero-order valence-corrected chi connectivity index (χ0v) is 22.3. The lowest BCUT2D eigenvalue weighted by Crippen LogP contribution is -2.36. The van der Waals surface area contributed by atoms with Crippen molar-refractivity contribution in [3.8, 4) is 0 Å². The van der Waals surface area contributed by atoms with Crippen molar-refractivity contribution in [1.29, 1.82) is 0 Å². The van der Waals surface area contributed by atoms with Crippen LogP contribution in [-0.2, 0) is 29.2 Å². The molecule has 0 aliphatic heterocycles. The largest absolute Gasteiger partial charge is 0.385 e. The Morgan fingerprint density at radius 1 is 0.886 bits per heavy atom. The highest BCUT2D eigenvalue weighted by atomic mass is 32.2. The second-order valence-electron chi connectivity index (χ2n) is 7.54. The van der Waals surface area contributed by atoms with Crippen molar-refractivity contribution in [2.45, 2.75) is 23.6 Å². The summed E-state index contributed by atoms with van der Waals surface area (Å²) >= 11 is 1.03. The fourth-order valence-corrected chi connectivity index (χ4v) is 5.40. The molecule has 0 unspecified atom stereocenters. The maximum absolute atomic E-state index is 12.8. The van der Waals surface area contributed by atoms with Gasteiger partial charge in [0.1, 0.15) is 0 Å². The number of rotatable bonds is 17. The summed E-state index contributed by atoms with van der Waals surface area (Å²) in [7, 11) is -7.80. The molecule has 35 heavy (non-hydrogen) atoms. The van der Waals surface area contributed by atoms with Crippen molar-refractivity contribution in [3.63, 3.8) is 0 Å². The quantitative estimate of drug-likeness (QED) is 0.0886. The van der Waals surface area contributed by atoms with Crippen molar-refractivity contribution in [1.82, 2.24) is 4.90 Å². The van der Waals surface area contributed by atoms with E-state index in [1.807, 2.05) is 38.1 Å². The highest BCUT2D eigenvalue weighted by Gasteiger charge is 2.18. The van der Waals surface area contributed by atoms with E-state index in [1.54, 1.807) is 23.1 Å². The molecule has 0 heterocycles. The highest BCUT2D eigenvalue weighted by Crippen LogP contribution is 2.22. The number of benzene rings is 2. The lowest BCUT2D eigenvalue weighted by Gasteiger charge is -2.21. The molecule has 3 N–H and O–H groups in total. The third kappa shape index (κ3) is 11.6. The molecule has 0 amide bonds. The molecule has 0 aromatic heterocycles. The zero-order chi connectivity index (χ0) is 25.7. The van der Waals surface area contributed by atoms with Gasteiger partial charge in [0.25, 0.3) is 10.1 Å². The average Bonchev–Trinajstić information content (AvgIpc) is 2.80. The van der Waals surface area contributed by atoms with E-state index in [1.165, 1.54) is 6.07 Å². The van der Waals surface area contributed by atoms with E-state index in [9.17, 15) is 16.8 Å². The van der Waals surface area contributed by atoms with E-state index in [2.05, 4.69) is 10.6 Å². The van der Waals surface area contributed by atoms with Crippen molar-refractivity contribution >= 4 is 43.4 Å². The van der Waals surface area contributed by atoms with Crippen LogP contribution in [-0.4, -0.2) is 77.1 Å². The molecule has 0 saturated heterocycles. The summed E-state index contributed by atoms with van der Waals surface area (Å²) in [5.41, 5.74) is 1.66. The number of hydrogen-bond acceptors (Lipinski definition) is 10. The van der Waals surface area contributed by atoms with Crippen LogP contribution in [0.2, 0.25) is 0 Å². The maximum Gasteiger partial charge on any atom is 0.266 e. The van der Waals surface area contributed by atoms with E-state index >= 15 is 0 Å². The maximum atomic E-state index is 12.8. The molecule has 0 bridgehead atoms. The second-order valence-corrected chi connectivity index (χ2v) is 12.0. The monoisotopic (exact) mass is 547 g/mol. The van der Waals surface area contributed by atoms with E-state index in [4.69, 9.17) is 13.8 Å². The summed E-state index contributed by atoms with van der Waals surface area (Å²) in [6.45, 7) is 5.66. The normalized spacial score (nSPS) is 12.1. The first-order valence-electron chi connectivity index (χ1n) is 11.2. The van der Waals surface area contributed by atoms with E-state index < -0.39 is 25.7 Å². The third-order valence-corrected chi connectivity index (χ3v) is 7.80. The van der Waals surface area contributed by atoms with Crippen LogP contribution in [0.25, 0.3) is 0 Å². The lowest BCUT2D eigenvalue weighted by molar-refractivity contribution is -0.193. The van der Waals surface area contributed by atoms with E-state index in [0.717, 1.165) is 29.2 Å². The number of nitrogens with zero attached hydrogens (tertiary/aromatic N) is 1. The Labute approximate surface area is 212 Å².